The Morgan fingerprint density at radius 1 is 1.30 bits per heavy atom. The Balaban J connectivity index is 1.67. The molecule has 2 heterocycles. The van der Waals surface area contributed by atoms with E-state index in [1.807, 2.05) is 7.05 Å². The molecule has 0 atom stereocenters. The van der Waals surface area contributed by atoms with Crippen LogP contribution in [-0.4, -0.2) is 54.5 Å². The van der Waals surface area contributed by atoms with Gasteiger partial charge in [-0.2, -0.15) is 5.10 Å². The number of anilines is 1. The van der Waals surface area contributed by atoms with E-state index in [0.717, 1.165) is 42.5 Å². The molecule has 0 unspecified atom stereocenters. The number of fused-ring (bicyclic) bond motifs is 1. The molecule has 8 nitrogen and oxygen atoms in total. The minimum atomic E-state index is -3.13. The highest BCUT2D eigenvalue weighted by atomic mass is 32.2. The standard InChI is InChI=1S/C14H22N6O2S/c1-15-23(21,22)8-10-3-5-11(6-4-10)20(2)14-12-7-18-19-13(12)16-9-17-14/h7,9-11,15H,3-6,8H2,1-2H3,(H,16,17,18,19). The molecule has 2 aromatic heterocycles. The van der Waals surface area contributed by atoms with Gasteiger partial charge in [-0.3, -0.25) is 5.10 Å². The van der Waals surface area contributed by atoms with Crippen molar-refractivity contribution in [1.29, 1.82) is 0 Å². The highest BCUT2D eigenvalue weighted by molar-refractivity contribution is 7.89. The quantitative estimate of drug-likeness (QED) is 0.839. The third-order valence-electron chi connectivity index (χ3n) is 4.69. The molecular formula is C14H22N6O2S. The molecule has 9 heteroatoms. The van der Waals surface area contributed by atoms with Crippen molar-refractivity contribution in [2.75, 3.05) is 24.7 Å². The predicted octanol–water partition coefficient (Wildman–Crippen LogP) is 0.897. The minimum Gasteiger partial charge on any atom is -0.356 e. The van der Waals surface area contributed by atoms with E-state index in [9.17, 15) is 8.42 Å². The zero-order valence-electron chi connectivity index (χ0n) is 13.4. The van der Waals surface area contributed by atoms with Crippen molar-refractivity contribution in [3.8, 4) is 0 Å². The van der Waals surface area contributed by atoms with Crippen molar-refractivity contribution in [2.24, 2.45) is 5.92 Å². The van der Waals surface area contributed by atoms with Gasteiger partial charge in [0.2, 0.25) is 10.0 Å². The third-order valence-corrected chi connectivity index (χ3v) is 6.22. The SMILES string of the molecule is CNS(=O)(=O)CC1CCC(N(C)c2ncnc3[nH]ncc23)CC1. The lowest BCUT2D eigenvalue weighted by Gasteiger charge is -2.35. The summed E-state index contributed by atoms with van der Waals surface area (Å²) in [5.41, 5.74) is 0.732. The van der Waals surface area contributed by atoms with Crippen LogP contribution in [0.5, 0.6) is 0 Å². The molecule has 2 aromatic rings. The van der Waals surface area contributed by atoms with Crippen LogP contribution in [0.15, 0.2) is 12.5 Å². The van der Waals surface area contributed by atoms with Gasteiger partial charge in [0.1, 0.15) is 12.1 Å². The maximum Gasteiger partial charge on any atom is 0.211 e. The zero-order valence-corrected chi connectivity index (χ0v) is 14.2. The second kappa shape index (κ2) is 6.40. The van der Waals surface area contributed by atoms with E-state index < -0.39 is 10.0 Å². The number of sulfonamides is 1. The number of hydrogen-bond acceptors (Lipinski definition) is 6. The van der Waals surface area contributed by atoms with Gasteiger partial charge in [0.05, 0.1) is 17.3 Å². The average molecular weight is 338 g/mol. The normalized spacial score (nSPS) is 22.3. The summed E-state index contributed by atoms with van der Waals surface area (Å²) >= 11 is 0. The number of hydrogen-bond donors (Lipinski definition) is 2. The Kier molecular flexibility index (Phi) is 4.49. The Bertz CT molecular complexity index is 766. The molecule has 0 aromatic carbocycles. The van der Waals surface area contributed by atoms with Crippen molar-refractivity contribution < 1.29 is 8.42 Å². The smallest absolute Gasteiger partial charge is 0.211 e. The molecule has 0 saturated heterocycles. The molecule has 1 aliphatic rings. The van der Waals surface area contributed by atoms with Gasteiger partial charge >= 0.3 is 0 Å². The van der Waals surface area contributed by atoms with E-state index in [2.05, 4.69) is 29.8 Å². The van der Waals surface area contributed by atoms with Crippen LogP contribution in [0.3, 0.4) is 0 Å². The van der Waals surface area contributed by atoms with Crippen molar-refractivity contribution >= 4 is 26.9 Å². The van der Waals surface area contributed by atoms with E-state index in [4.69, 9.17) is 0 Å². The third kappa shape index (κ3) is 3.45. The van der Waals surface area contributed by atoms with Gasteiger partial charge in [-0.05, 0) is 38.6 Å². The lowest BCUT2D eigenvalue weighted by Crippen LogP contribution is -2.37. The number of H-pyrrole nitrogens is 1. The fourth-order valence-electron chi connectivity index (χ4n) is 3.30. The van der Waals surface area contributed by atoms with Gasteiger partial charge < -0.3 is 4.90 Å². The largest absolute Gasteiger partial charge is 0.356 e. The number of aromatic nitrogens is 4. The molecule has 0 radical (unpaired) electrons. The van der Waals surface area contributed by atoms with Crippen LogP contribution in [0.1, 0.15) is 25.7 Å². The lowest BCUT2D eigenvalue weighted by atomic mass is 9.86. The second-order valence-electron chi connectivity index (χ2n) is 6.10. The Morgan fingerprint density at radius 2 is 2.04 bits per heavy atom. The van der Waals surface area contributed by atoms with Crippen LogP contribution < -0.4 is 9.62 Å². The monoisotopic (exact) mass is 338 g/mol. The van der Waals surface area contributed by atoms with Gasteiger partial charge in [0.15, 0.2) is 5.65 Å². The lowest BCUT2D eigenvalue weighted by molar-refractivity contribution is 0.340. The van der Waals surface area contributed by atoms with Crippen molar-refractivity contribution in [1.82, 2.24) is 24.9 Å². The molecule has 126 valence electrons. The molecular weight excluding hydrogens is 316 g/mol. The number of nitrogens with zero attached hydrogens (tertiary/aromatic N) is 4. The first-order chi connectivity index (χ1) is 11.0. The fraction of sp³-hybridized carbons (Fsp3) is 0.643. The van der Waals surface area contributed by atoms with Crippen LogP contribution in [0.2, 0.25) is 0 Å². The maximum atomic E-state index is 11.7. The summed E-state index contributed by atoms with van der Waals surface area (Å²) < 4.78 is 25.7. The van der Waals surface area contributed by atoms with Crippen LogP contribution in [0, 0.1) is 5.92 Å². The van der Waals surface area contributed by atoms with Crippen molar-refractivity contribution in [3.63, 3.8) is 0 Å². The molecule has 1 aliphatic carbocycles. The van der Waals surface area contributed by atoms with Gasteiger partial charge in [-0.25, -0.2) is 23.1 Å². The molecule has 3 rings (SSSR count). The van der Waals surface area contributed by atoms with E-state index in [1.165, 1.54) is 13.4 Å². The van der Waals surface area contributed by atoms with Gasteiger partial charge in [-0.15, -0.1) is 0 Å². The van der Waals surface area contributed by atoms with E-state index in [1.54, 1.807) is 6.20 Å². The predicted molar refractivity (Wildman–Crippen MR) is 88.7 cm³/mol. The average Bonchev–Trinajstić information content (AvgIpc) is 3.03. The summed E-state index contributed by atoms with van der Waals surface area (Å²) in [6, 6.07) is 0.358. The highest BCUT2D eigenvalue weighted by Crippen LogP contribution is 2.31. The summed E-state index contributed by atoms with van der Waals surface area (Å²) in [5, 5.41) is 7.79. The molecule has 1 fully saturated rings. The summed E-state index contributed by atoms with van der Waals surface area (Å²) in [5.74, 6) is 1.32. The minimum absolute atomic E-state index is 0.222. The topological polar surface area (TPSA) is 104 Å². The molecule has 0 aliphatic heterocycles. The van der Waals surface area contributed by atoms with E-state index in [-0.39, 0.29) is 11.7 Å². The summed E-state index contributed by atoms with van der Waals surface area (Å²) in [6.07, 6.45) is 7.03. The number of aromatic amines is 1. The molecule has 23 heavy (non-hydrogen) atoms. The molecule has 2 N–H and O–H groups in total. The van der Waals surface area contributed by atoms with Crippen LogP contribution in [0.4, 0.5) is 5.82 Å². The maximum absolute atomic E-state index is 11.7. The Morgan fingerprint density at radius 3 is 2.74 bits per heavy atom. The molecule has 1 saturated carbocycles. The highest BCUT2D eigenvalue weighted by Gasteiger charge is 2.28. The first-order valence-corrected chi connectivity index (χ1v) is 9.43. The first-order valence-electron chi connectivity index (χ1n) is 7.78. The summed E-state index contributed by atoms with van der Waals surface area (Å²) in [4.78, 5) is 10.7. The van der Waals surface area contributed by atoms with E-state index in [0.29, 0.717) is 6.04 Å². The van der Waals surface area contributed by atoms with Crippen molar-refractivity contribution in [3.05, 3.63) is 12.5 Å². The summed E-state index contributed by atoms with van der Waals surface area (Å²) in [7, 11) is 0.377. The summed E-state index contributed by atoms with van der Waals surface area (Å²) in [6.45, 7) is 0. The molecule has 0 bridgehead atoms. The van der Waals surface area contributed by atoms with Crippen LogP contribution >= 0.6 is 0 Å². The van der Waals surface area contributed by atoms with Crippen molar-refractivity contribution in [2.45, 2.75) is 31.7 Å². The van der Waals surface area contributed by atoms with Gasteiger partial charge in [-0.1, -0.05) is 0 Å². The van der Waals surface area contributed by atoms with Crippen LogP contribution in [0.25, 0.3) is 11.0 Å². The zero-order chi connectivity index (χ0) is 16.4. The Hall–Kier alpha value is -1.74. The van der Waals surface area contributed by atoms with Gasteiger partial charge in [0, 0.05) is 13.1 Å². The first kappa shape index (κ1) is 16.1. The number of rotatable bonds is 5. The Labute approximate surface area is 135 Å². The van der Waals surface area contributed by atoms with Crippen LogP contribution in [-0.2, 0) is 10.0 Å². The number of nitrogens with one attached hydrogen (secondary N) is 2. The second-order valence-corrected chi connectivity index (χ2v) is 8.07. The molecule has 0 amide bonds. The fourth-order valence-corrected chi connectivity index (χ4v) is 4.42. The van der Waals surface area contributed by atoms with Gasteiger partial charge in [0.25, 0.3) is 0 Å². The molecule has 0 spiro atoms. The van der Waals surface area contributed by atoms with E-state index >= 15 is 0 Å².